The van der Waals surface area contributed by atoms with E-state index in [1.54, 1.807) is 17.0 Å². The Hall–Kier alpha value is -2.71. The molecule has 1 atom stereocenters. The van der Waals surface area contributed by atoms with Crippen molar-refractivity contribution in [2.45, 2.75) is 24.8 Å². The Kier molecular flexibility index (Phi) is 6.34. The van der Waals surface area contributed by atoms with Gasteiger partial charge in [-0.1, -0.05) is 36.4 Å². The summed E-state index contributed by atoms with van der Waals surface area (Å²) in [5.74, 6) is -0.395. The van der Waals surface area contributed by atoms with Gasteiger partial charge in [0.1, 0.15) is 0 Å². The lowest BCUT2D eigenvalue weighted by molar-refractivity contribution is -0.129. The van der Waals surface area contributed by atoms with E-state index in [9.17, 15) is 18.0 Å². The molecular weight excluding hydrogens is 390 g/mol. The number of carbonyl (C=O) groups is 2. The Morgan fingerprint density at radius 1 is 0.966 bits per heavy atom. The molecule has 1 N–H and O–H groups in total. The summed E-state index contributed by atoms with van der Waals surface area (Å²) in [6.45, 7) is 4.56. The molecule has 1 heterocycles. The smallest absolute Gasteiger partial charge is 0.251 e. The molecule has 2 amide bonds. The molecule has 1 saturated heterocycles. The van der Waals surface area contributed by atoms with Gasteiger partial charge in [0, 0.05) is 38.7 Å². The molecule has 1 aliphatic heterocycles. The number of sulfonamides is 1. The van der Waals surface area contributed by atoms with Crippen LogP contribution in [0.25, 0.3) is 0 Å². The number of hydrogen-bond donors (Lipinski definition) is 1. The van der Waals surface area contributed by atoms with Crippen LogP contribution in [0, 0.1) is 0 Å². The number of benzene rings is 2. The van der Waals surface area contributed by atoms with E-state index in [0.717, 1.165) is 5.56 Å². The number of hydrogen-bond acceptors (Lipinski definition) is 4. The highest BCUT2D eigenvalue weighted by Crippen LogP contribution is 2.20. The maximum absolute atomic E-state index is 13.0. The zero-order chi connectivity index (χ0) is 21.0. The van der Waals surface area contributed by atoms with E-state index in [-0.39, 0.29) is 41.4 Å². The van der Waals surface area contributed by atoms with Gasteiger partial charge in [-0.3, -0.25) is 9.59 Å². The zero-order valence-electron chi connectivity index (χ0n) is 16.5. The van der Waals surface area contributed by atoms with Crippen molar-refractivity contribution in [3.63, 3.8) is 0 Å². The number of carbonyl (C=O) groups excluding carboxylic acids is 2. The van der Waals surface area contributed by atoms with Crippen LogP contribution in [-0.4, -0.2) is 55.6 Å². The SMILES string of the molecule is CC(=O)N1CCN(S(=O)(=O)c2cccc(C(=O)N[C@H](C)c3ccccc3)c2)CC1. The summed E-state index contributed by atoms with van der Waals surface area (Å²) >= 11 is 0. The molecule has 0 spiro atoms. The van der Waals surface area contributed by atoms with E-state index >= 15 is 0 Å². The lowest BCUT2D eigenvalue weighted by Crippen LogP contribution is -2.49. The maximum Gasteiger partial charge on any atom is 0.251 e. The Morgan fingerprint density at radius 2 is 1.62 bits per heavy atom. The standard InChI is InChI=1S/C21H25N3O4S/c1-16(18-7-4-3-5-8-18)22-21(26)19-9-6-10-20(15-19)29(27,28)24-13-11-23(12-14-24)17(2)25/h3-10,15-16H,11-14H2,1-2H3,(H,22,26)/t16-/m1/s1. The molecule has 1 fully saturated rings. The number of rotatable bonds is 5. The molecule has 154 valence electrons. The fourth-order valence-corrected chi connectivity index (χ4v) is 4.76. The largest absolute Gasteiger partial charge is 0.346 e. The highest BCUT2D eigenvalue weighted by Gasteiger charge is 2.29. The summed E-state index contributed by atoms with van der Waals surface area (Å²) in [5, 5.41) is 2.90. The van der Waals surface area contributed by atoms with Crippen LogP contribution in [0.4, 0.5) is 0 Å². The molecule has 0 unspecified atom stereocenters. The minimum Gasteiger partial charge on any atom is -0.346 e. The fourth-order valence-electron chi connectivity index (χ4n) is 3.30. The summed E-state index contributed by atoms with van der Waals surface area (Å²) in [4.78, 5) is 25.8. The van der Waals surface area contributed by atoms with Gasteiger partial charge in [-0.25, -0.2) is 8.42 Å². The van der Waals surface area contributed by atoms with Crippen LogP contribution < -0.4 is 5.32 Å². The second-order valence-corrected chi connectivity index (χ2v) is 8.98. The Morgan fingerprint density at radius 3 is 2.24 bits per heavy atom. The van der Waals surface area contributed by atoms with Gasteiger partial charge in [-0.05, 0) is 30.7 Å². The van der Waals surface area contributed by atoms with Crippen molar-refractivity contribution < 1.29 is 18.0 Å². The summed E-state index contributed by atoms with van der Waals surface area (Å²) in [6.07, 6.45) is 0. The molecule has 29 heavy (non-hydrogen) atoms. The van der Waals surface area contributed by atoms with E-state index in [0.29, 0.717) is 13.1 Å². The lowest BCUT2D eigenvalue weighted by Gasteiger charge is -2.33. The molecule has 7 nitrogen and oxygen atoms in total. The second-order valence-electron chi connectivity index (χ2n) is 7.04. The average Bonchev–Trinajstić information content (AvgIpc) is 2.74. The molecule has 2 aromatic carbocycles. The predicted octanol–water partition coefficient (Wildman–Crippen LogP) is 2.03. The first-order valence-electron chi connectivity index (χ1n) is 9.50. The van der Waals surface area contributed by atoms with E-state index in [1.165, 1.54) is 23.4 Å². The van der Waals surface area contributed by atoms with Crippen molar-refractivity contribution in [1.29, 1.82) is 0 Å². The van der Waals surface area contributed by atoms with Crippen LogP contribution in [0.1, 0.15) is 35.8 Å². The fraction of sp³-hybridized carbons (Fsp3) is 0.333. The first kappa shape index (κ1) is 21.0. The number of nitrogens with one attached hydrogen (secondary N) is 1. The van der Waals surface area contributed by atoms with Gasteiger partial charge < -0.3 is 10.2 Å². The average molecular weight is 416 g/mol. The minimum atomic E-state index is -3.73. The molecule has 2 aromatic rings. The topological polar surface area (TPSA) is 86.8 Å². The van der Waals surface area contributed by atoms with Gasteiger partial charge in [0.15, 0.2) is 0 Å². The van der Waals surface area contributed by atoms with Crippen LogP contribution in [-0.2, 0) is 14.8 Å². The van der Waals surface area contributed by atoms with Crippen LogP contribution in [0.5, 0.6) is 0 Å². The van der Waals surface area contributed by atoms with E-state index < -0.39 is 10.0 Å². The molecule has 8 heteroatoms. The first-order valence-corrected chi connectivity index (χ1v) is 10.9. The summed E-state index contributed by atoms with van der Waals surface area (Å²) in [7, 11) is -3.73. The molecule has 0 aliphatic carbocycles. The third-order valence-corrected chi connectivity index (χ3v) is 6.96. The van der Waals surface area contributed by atoms with Gasteiger partial charge >= 0.3 is 0 Å². The highest BCUT2D eigenvalue weighted by atomic mass is 32.2. The summed E-state index contributed by atoms with van der Waals surface area (Å²) in [6, 6.07) is 15.4. The van der Waals surface area contributed by atoms with Crippen molar-refractivity contribution in [1.82, 2.24) is 14.5 Å². The molecular formula is C21H25N3O4S. The van der Waals surface area contributed by atoms with E-state index in [4.69, 9.17) is 0 Å². The van der Waals surface area contributed by atoms with Crippen LogP contribution in [0.3, 0.4) is 0 Å². The Labute approximate surface area is 171 Å². The normalized spacial score (nSPS) is 16.3. The van der Waals surface area contributed by atoms with E-state index in [2.05, 4.69) is 5.32 Å². The quantitative estimate of drug-likeness (QED) is 0.810. The van der Waals surface area contributed by atoms with Gasteiger partial charge in [0.2, 0.25) is 15.9 Å². The van der Waals surface area contributed by atoms with Crippen LogP contribution in [0.15, 0.2) is 59.5 Å². The molecule has 0 aromatic heterocycles. The van der Waals surface area contributed by atoms with Gasteiger partial charge in [0.05, 0.1) is 10.9 Å². The van der Waals surface area contributed by atoms with Crippen molar-refractivity contribution >= 4 is 21.8 Å². The summed E-state index contributed by atoms with van der Waals surface area (Å²) < 4.78 is 27.3. The number of nitrogens with zero attached hydrogens (tertiary/aromatic N) is 2. The van der Waals surface area contributed by atoms with Gasteiger partial charge in [-0.2, -0.15) is 4.31 Å². The third-order valence-electron chi connectivity index (χ3n) is 5.07. The zero-order valence-corrected chi connectivity index (χ0v) is 17.4. The Bertz CT molecular complexity index is 984. The van der Waals surface area contributed by atoms with Crippen molar-refractivity contribution in [2.75, 3.05) is 26.2 Å². The van der Waals surface area contributed by atoms with Gasteiger partial charge in [-0.15, -0.1) is 0 Å². The summed E-state index contributed by atoms with van der Waals surface area (Å²) in [5.41, 5.74) is 1.25. The van der Waals surface area contributed by atoms with Crippen LogP contribution in [0.2, 0.25) is 0 Å². The first-order chi connectivity index (χ1) is 13.8. The second kappa shape index (κ2) is 8.75. The van der Waals surface area contributed by atoms with E-state index in [1.807, 2.05) is 37.3 Å². The van der Waals surface area contributed by atoms with Crippen molar-refractivity contribution in [3.8, 4) is 0 Å². The van der Waals surface area contributed by atoms with Gasteiger partial charge in [0.25, 0.3) is 5.91 Å². The highest BCUT2D eigenvalue weighted by molar-refractivity contribution is 7.89. The molecule has 0 bridgehead atoms. The van der Waals surface area contributed by atoms with Crippen molar-refractivity contribution in [3.05, 3.63) is 65.7 Å². The molecule has 3 rings (SSSR count). The van der Waals surface area contributed by atoms with Crippen molar-refractivity contribution in [2.24, 2.45) is 0 Å². The number of amides is 2. The predicted molar refractivity (Wildman–Crippen MR) is 110 cm³/mol. The third kappa shape index (κ3) is 4.83. The monoisotopic (exact) mass is 415 g/mol. The Balaban J connectivity index is 1.73. The number of piperazine rings is 1. The maximum atomic E-state index is 13.0. The van der Waals surface area contributed by atoms with Crippen LogP contribution >= 0.6 is 0 Å². The molecule has 0 saturated carbocycles. The molecule has 0 radical (unpaired) electrons. The lowest BCUT2D eigenvalue weighted by atomic mass is 10.1. The molecule has 1 aliphatic rings. The minimum absolute atomic E-state index is 0.0618.